The van der Waals surface area contributed by atoms with Gasteiger partial charge in [0, 0.05) is 17.0 Å². The molecule has 0 radical (unpaired) electrons. The molecule has 0 atom stereocenters. The highest BCUT2D eigenvalue weighted by Gasteiger charge is 2.24. The van der Waals surface area contributed by atoms with E-state index in [1.807, 2.05) is 19.1 Å². The third kappa shape index (κ3) is 2.25. The van der Waals surface area contributed by atoms with E-state index < -0.39 is 9.84 Å². The summed E-state index contributed by atoms with van der Waals surface area (Å²) in [5.41, 5.74) is 6.85. The minimum absolute atomic E-state index is 0.0225. The van der Waals surface area contributed by atoms with E-state index in [1.54, 1.807) is 42.6 Å². The number of sulfone groups is 1. The van der Waals surface area contributed by atoms with Crippen LogP contribution in [0.2, 0.25) is 0 Å². The number of pyridine rings is 1. The maximum Gasteiger partial charge on any atom is 0.210 e. The van der Waals surface area contributed by atoms with Gasteiger partial charge in [-0.05, 0) is 19.1 Å². The van der Waals surface area contributed by atoms with Gasteiger partial charge in [0.15, 0.2) is 0 Å². The fraction of sp³-hybridized carbons (Fsp3) is 0.0625. The van der Waals surface area contributed by atoms with Crippen LogP contribution in [0, 0.1) is 6.92 Å². The molecule has 1 aromatic heterocycles. The van der Waals surface area contributed by atoms with Crippen molar-refractivity contribution in [2.45, 2.75) is 16.7 Å². The molecule has 0 aliphatic rings. The largest absolute Gasteiger partial charge is 0.383 e. The maximum atomic E-state index is 12.9. The lowest BCUT2D eigenvalue weighted by molar-refractivity contribution is 0.597. The molecule has 0 saturated carbocycles. The lowest BCUT2D eigenvalue weighted by Gasteiger charge is -2.10. The summed E-state index contributed by atoms with van der Waals surface area (Å²) in [6.45, 7) is 1.91. The molecule has 0 saturated heterocycles. The number of fused-ring (bicyclic) bond motifs is 1. The van der Waals surface area contributed by atoms with Crippen LogP contribution in [0.15, 0.2) is 64.5 Å². The van der Waals surface area contributed by atoms with Gasteiger partial charge in [-0.25, -0.2) is 13.4 Å². The van der Waals surface area contributed by atoms with Crippen LogP contribution in [0.3, 0.4) is 0 Å². The van der Waals surface area contributed by atoms with Crippen molar-refractivity contribution in [1.82, 2.24) is 4.98 Å². The lowest BCUT2D eigenvalue weighted by atomic mass is 10.2. The summed E-state index contributed by atoms with van der Waals surface area (Å²) >= 11 is 0. The summed E-state index contributed by atoms with van der Waals surface area (Å²) in [4.78, 5) is 4.31. The Hall–Kier alpha value is -2.40. The Morgan fingerprint density at radius 2 is 1.67 bits per heavy atom. The first-order valence-corrected chi connectivity index (χ1v) is 7.93. The SMILES string of the molecule is Cc1ccc(S(=O)(=O)c2c(N)ncc3ccccc23)cc1. The average Bonchev–Trinajstić information content (AvgIpc) is 2.47. The topological polar surface area (TPSA) is 73.0 Å². The van der Waals surface area contributed by atoms with Crippen molar-refractivity contribution in [3.63, 3.8) is 0 Å². The highest BCUT2D eigenvalue weighted by atomic mass is 32.2. The summed E-state index contributed by atoms with van der Waals surface area (Å²) in [7, 11) is -3.70. The molecule has 21 heavy (non-hydrogen) atoms. The maximum absolute atomic E-state index is 12.9. The number of aryl methyl sites for hydroxylation is 1. The molecule has 0 unspecified atom stereocenters. The van der Waals surface area contributed by atoms with Crippen molar-refractivity contribution in [3.8, 4) is 0 Å². The van der Waals surface area contributed by atoms with Gasteiger partial charge in [-0.3, -0.25) is 0 Å². The number of nitrogens with two attached hydrogens (primary N) is 1. The summed E-state index contributed by atoms with van der Waals surface area (Å²) in [6, 6.07) is 13.9. The second-order valence-corrected chi connectivity index (χ2v) is 6.76. The van der Waals surface area contributed by atoms with E-state index in [9.17, 15) is 8.42 Å². The molecular formula is C16H14N2O2S. The number of aromatic nitrogens is 1. The predicted molar refractivity (Wildman–Crippen MR) is 82.8 cm³/mol. The average molecular weight is 298 g/mol. The molecule has 0 bridgehead atoms. The zero-order valence-electron chi connectivity index (χ0n) is 11.4. The van der Waals surface area contributed by atoms with Gasteiger partial charge in [-0.15, -0.1) is 0 Å². The monoisotopic (exact) mass is 298 g/mol. The third-order valence-electron chi connectivity index (χ3n) is 3.38. The van der Waals surface area contributed by atoms with Crippen molar-refractivity contribution in [1.29, 1.82) is 0 Å². The smallest absolute Gasteiger partial charge is 0.210 e. The number of anilines is 1. The zero-order valence-corrected chi connectivity index (χ0v) is 12.3. The second kappa shape index (κ2) is 4.86. The van der Waals surface area contributed by atoms with Crippen molar-refractivity contribution in [3.05, 3.63) is 60.3 Å². The van der Waals surface area contributed by atoms with Gasteiger partial charge in [0.1, 0.15) is 10.7 Å². The van der Waals surface area contributed by atoms with E-state index in [1.165, 1.54) is 0 Å². The number of nitrogen functional groups attached to an aromatic ring is 1. The number of hydrogen-bond acceptors (Lipinski definition) is 4. The van der Waals surface area contributed by atoms with Crippen LogP contribution in [-0.4, -0.2) is 13.4 Å². The van der Waals surface area contributed by atoms with Crippen LogP contribution in [-0.2, 0) is 9.84 Å². The zero-order chi connectivity index (χ0) is 15.0. The Balaban J connectivity index is 2.33. The van der Waals surface area contributed by atoms with Crippen LogP contribution in [0.4, 0.5) is 5.82 Å². The van der Waals surface area contributed by atoms with Crippen LogP contribution >= 0.6 is 0 Å². The van der Waals surface area contributed by atoms with Gasteiger partial charge in [-0.1, -0.05) is 42.0 Å². The summed E-state index contributed by atoms with van der Waals surface area (Å²) in [5.74, 6) is 0.0225. The number of hydrogen-bond donors (Lipinski definition) is 1. The van der Waals surface area contributed by atoms with Gasteiger partial charge in [0.05, 0.1) is 4.90 Å². The molecule has 0 fully saturated rings. The van der Waals surface area contributed by atoms with E-state index in [0.717, 1.165) is 10.9 Å². The van der Waals surface area contributed by atoms with E-state index in [2.05, 4.69) is 4.98 Å². The number of nitrogens with zero attached hydrogens (tertiary/aromatic N) is 1. The van der Waals surface area contributed by atoms with Crippen molar-refractivity contribution in [2.24, 2.45) is 0 Å². The summed E-state index contributed by atoms with van der Waals surface area (Å²) in [5, 5.41) is 1.34. The van der Waals surface area contributed by atoms with E-state index in [-0.39, 0.29) is 15.6 Å². The summed E-state index contributed by atoms with van der Waals surface area (Å²) < 4.78 is 25.7. The minimum Gasteiger partial charge on any atom is -0.383 e. The van der Waals surface area contributed by atoms with Crippen molar-refractivity contribution in [2.75, 3.05) is 5.73 Å². The number of rotatable bonds is 2. The highest BCUT2D eigenvalue weighted by molar-refractivity contribution is 7.91. The lowest BCUT2D eigenvalue weighted by Crippen LogP contribution is -2.08. The van der Waals surface area contributed by atoms with E-state index in [0.29, 0.717) is 5.39 Å². The molecule has 3 rings (SSSR count). The Morgan fingerprint density at radius 3 is 2.38 bits per heavy atom. The Labute approximate surface area is 123 Å². The molecule has 1 heterocycles. The fourth-order valence-electron chi connectivity index (χ4n) is 2.27. The summed E-state index contributed by atoms with van der Waals surface area (Å²) in [6.07, 6.45) is 1.58. The van der Waals surface area contributed by atoms with Crippen LogP contribution < -0.4 is 5.73 Å². The molecule has 5 heteroatoms. The standard InChI is InChI=1S/C16H14N2O2S/c1-11-6-8-13(9-7-11)21(19,20)15-14-5-3-2-4-12(14)10-18-16(15)17/h2-10H,1H3,(H2,17,18). The van der Waals surface area contributed by atoms with Gasteiger partial charge < -0.3 is 5.73 Å². The molecule has 0 aliphatic carbocycles. The molecule has 0 aliphatic heterocycles. The van der Waals surface area contributed by atoms with Crippen LogP contribution in [0.5, 0.6) is 0 Å². The molecule has 3 aromatic rings. The number of benzene rings is 2. The molecule has 0 spiro atoms. The molecule has 2 N–H and O–H groups in total. The highest BCUT2D eigenvalue weighted by Crippen LogP contribution is 2.31. The molecular weight excluding hydrogens is 284 g/mol. The van der Waals surface area contributed by atoms with Gasteiger partial charge in [0.2, 0.25) is 9.84 Å². The Kier molecular flexibility index (Phi) is 3.14. The van der Waals surface area contributed by atoms with Crippen LogP contribution in [0.25, 0.3) is 10.8 Å². The quantitative estimate of drug-likeness (QED) is 0.789. The van der Waals surface area contributed by atoms with Gasteiger partial charge in [0.25, 0.3) is 0 Å². The third-order valence-corrected chi connectivity index (χ3v) is 5.24. The predicted octanol–water partition coefficient (Wildman–Crippen LogP) is 2.96. The fourth-order valence-corrected chi connectivity index (χ4v) is 3.80. The molecule has 2 aromatic carbocycles. The van der Waals surface area contributed by atoms with Gasteiger partial charge in [-0.2, -0.15) is 0 Å². The molecule has 4 nitrogen and oxygen atoms in total. The van der Waals surface area contributed by atoms with Gasteiger partial charge >= 0.3 is 0 Å². The second-order valence-electron chi connectivity index (χ2n) is 4.88. The first-order valence-electron chi connectivity index (χ1n) is 6.45. The first kappa shape index (κ1) is 13.6. The van der Waals surface area contributed by atoms with E-state index >= 15 is 0 Å². The molecule has 0 amide bonds. The van der Waals surface area contributed by atoms with E-state index in [4.69, 9.17) is 5.73 Å². The Morgan fingerprint density at radius 1 is 1.00 bits per heavy atom. The van der Waals surface area contributed by atoms with Crippen LogP contribution in [0.1, 0.15) is 5.56 Å². The minimum atomic E-state index is -3.70. The van der Waals surface area contributed by atoms with Crippen molar-refractivity contribution < 1.29 is 8.42 Å². The normalized spacial score (nSPS) is 11.7. The van der Waals surface area contributed by atoms with Crippen molar-refractivity contribution >= 4 is 26.4 Å². The molecule has 106 valence electrons. The Bertz CT molecular complexity index is 917. The first-order chi connectivity index (χ1) is 10.00.